The summed E-state index contributed by atoms with van der Waals surface area (Å²) in [6.07, 6.45) is 0.973. The second-order valence-electron chi connectivity index (χ2n) is 6.14. The number of hydrogen-bond donors (Lipinski definition) is 2. The number of nitrogens with two attached hydrogens (primary N) is 1. The number of nitrogens with one attached hydrogen (secondary N) is 1. The van der Waals surface area contributed by atoms with Gasteiger partial charge in [0.2, 0.25) is 11.8 Å². The van der Waals surface area contributed by atoms with Gasteiger partial charge in [-0.15, -0.1) is 11.8 Å². The maximum absolute atomic E-state index is 12.2. The molecule has 23 heavy (non-hydrogen) atoms. The zero-order chi connectivity index (χ0) is 16.8. The largest absolute Gasteiger partial charge is 0.339 e. The maximum atomic E-state index is 12.2. The Labute approximate surface area is 142 Å². The molecule has 1 aliphatic heterocycles. The summed E-state index contributed by atoms with van der Waals surface area (Å²) in [5.74, 6) is 1.04. The van der Waals surface area contributed by atoms with Gasteiger partial charge in [0.15, 0.2) is 0 Å². The molecule has 0 spiro atoms. The molecule has 0 bridgehead atoms. The second kappa shape index (κ2) is 8.36. The Morgan fingerprint density at radius 2 is 2.00 bits per heavy atom. The summed E-state index contributed by atoms with van der Waals surface area (Å²) in [6, 6.07) is 7.91. The average Bonchev–Trinajstić information content (AvgIpc) is 2.90. The number of anilines is 1. The molecule has 0 saturated carbocycles. The molecule has 1 aliphatic rings. The third-order valence-electron chi connectivity index (χ3n) is 4.11. The van der Waals surface area contributed by atoms with Crippen molar-refractivity contribution >= 4 is 29.3 Å². The van der Waals surface area contributed by atoms with Crippen molar-refractivity contribution in [3.63, 3.8) is 0 Å². The topological polar surface area (TPSA) is 75.4 Å². The van der Waals surface area contributed by atoms with Gasteiger partial charge in [-0.25, -0.2) is 0 Å². The lowest BCUT2D eigenvalue weighted by molar-refractivity contribution is -0.128. The molecular weight excluding hydrogens is 310 g/mol. The number of likely N-dealkylation sites (tertiary alicyclic amines) is 1. The quantitative estimate of drug-likeness (QED) is 0.832. The van der Waals surface area contributed by atoms with Gasteiger partial charge in [0.1, 0.15) is 0 Å². The molecular formula is C17H25N3O2S. The Balaban J connectivity index is 1.71. The van der Waals surface area contributed by atoms with Crippen LogP contribution in [0.5, 0.6) is 0 Å². The number of carbonyl (C=O) groups excluding carboxylic acids is 2. The molecule has 1 fully saturated rings. The fourth-order valence-corrected chi connectivity index (χ4v) is 3.51. The number of rotatable bonds is 6. The van der Waals surface area contributed by atoms with Crippen LogP contribution in [0.1, 0.15) is 18.9 Å². The lowest BCUT2D eigenvalue weighted by Crippen LogP contribution is -2.36. The minimum Gasteiger partial charge on any atom is -0.339 e. The number of aryl methyl sites for hydroxylation is 1. The van der Waals surface area contributed by atoms with E-state index in [-0.39, 0.29) is 23.6 Å². The molecule has 3 N–H and O–H groups in total. The Bertz CT molecular complexity index is 547. The van der Waals surface area contributed by atoms with Gasteiger partial charge in [0.25, 0.3) is 0 Å². The van der Waals surface area contributed by atoms with Crippen LogP contribution in [0.3, 0.4) is 0 Å². The zero-order valence-corrected chi connectivity index (χ0v) is 14.6. The van der Waals surface area contributed by atoms with Crippen LogP contribution in [-0.4, -0.2) is 47.4 Å². The molecule has 2 atom stereocenters. The maximum Gasteiger partial charge on any atom is 0.234 e. The van der Waals surface area contributed by atoms with E-state index in [2.05, 4.69) is 12.2 Å². The Hall–Kier alpha value is -1.53. The third kappa shape index (κ3) is 5.25. The number of hydrogen-bond acceptors (Lipinski definition) is 4. The molecule has 0 aliphatic carbocycles. The first kappa shape index (κ1) is 17.8. The summed E-state index contributed by atoms with van der Waals surface area (Å²) >= 11 is 1.36. The zero-order valence-electron chi connectivity index (χ0n) is 13.7. The highest BCUT2D eigenvalue weighted by Crippen LogP contribution is 2.23. The van der Waals surface area contributed by atoms with Gasteiger partial charge in [-0.1, -0.05) is 17.7 Å². The highest BCUT2D eigenvalue weighted by molar-refractivity contribution is 8.00. The van der Waals surface area contributed by atoms with E-state index in [9.17, 15) is 9.59 Å². The molecule has 126 valence electrons. The minimum atomic E-state index is -0.0824. The van der Waals surface area contributed by atoms with Crippen LogP contribution in [0.4, 0.5) is 5.69 Å². The summed E-state index contributed by atoms with van der Waals surface area (Å²) in [6.45, 7) is 5.43. The van der Waals surface area contributed by atoms with Crippen LogP contribution < -0.4 is 11.1 Å². The summed E-state index contributed by atoms with van der Waals surface area (Å²) < 4.78 is 0. The van der Waals surface area contributed by atoms with Crippen LogP contribution in [0.25, 0.3) is 0 Å². The van der Waals surface area contributed by atoms with Crippen molar-refractivity contribution in [2.75, 3.05) is 29.9 Å². The first-order valence-corrected chi connectivity index (χ1v) is 9.09. The SMILES string of the molecule is Cc1ccc(NC(=O)CSCC(=O)N2CC(CN)CC2C)cc1. The van der Waals surface area contributed by atoms with E-state index in [4.69, 9.17) is 5.73 Å². The van der Waals surface area contributed by atoms with E-state index in [0.717, 1.165) is 24.2 Å². The predicted octanol–water partition coefficient (Wildman–Crippen LogP) is 1.86. The number of thioether (sulfide) groups is 1. The normalized spacial score (nSPS) is 20.6. The van der Waals surface area contributed by atoms with Gasteiger partial charge < -0.3 is 16.0 Å². The lowest BCUT2D eigenvalue weighted by Gasteiger charge is -2.21. The van der Waals surface area contributed by atoms with Crippen LogP contribution >= 0.6 is 11.8 Å². The summed E-state index contributed by atoms with van der Waals surface area (Å²) in [4.78, 5) is 26.0. The van der Waals surface area contributed by atoms with E-state index >= 15 is 0 Å². The molecule has 1 saturated heterocycles. The monoisotopic (exact) mass is 335 g/mol. The summed E-state index contributed by atoms with van der Waals surface area (Å²) in [5, 5.41) is 2.84. The molecule has 2 rings (SSSR count). The molecule has 0 aromatic heterocycles. The molecule has 1 aromatic rings. The average molecular weight is 335 g/mol. The van der Waals surface area contributed by atoms with Crippen LogP contribution in [0.2, 0.25) is 0 Å². The second-order valence-corrected chi connectivity index (χ2v) is 7.13. The Morgan fingerprint density at radius 3 is 2.61 bits per heavy atom. The van der Waals surface area contributed by atoms with Crippen molar-refractivity contribution in [3.05, 3.63) is 29.8 Å². The summed E-state index contributed by atoms with van der Waals surface area (Å²) in [5.41, 5.74) is 7.62. The minimum absolute atomic E-state index is 0.0824. The van der Waals surface area contributed by atoms with Crippen molar-refractivity contribution in [2.45, 2.75) is 26.3 Å². The molecule has 1 heterocycles. The van der Waals surface area contributed by atoms with E-state index in [1.54, 1.807) is 0 Å². The molecule has 1 aromatic carbocycles. The van der Waals surface area contributed by atoms with Crippen molar-refractivity contribution in [2.24, 2.45) is 11.7 Å². The van der Waals surface area contributed by atoms with E-state index in [1.807, 2.05) is 36.1 Å². The van der Waals surface area contributed by atoms with Gasteiger partial charge in [-0.3, -0.25) is 9.59 Å². The smallest absolute Gasteiger partial charge is 0.234 e. The fourth-order valence-electron chi connectivity index (χ4n) is 2.81. The predicted molar refractivity (Wildman–Crippen MR) is 95.5 cm³/mol. The first-order chi connectivity index (χ1) is 11.0. The Kier molecular flexibility index (Phi) is 6.47. The van der Waals surface area contributed by atoms with Gasteiger partial charge in [-0.05, 0) is 44.9 Å². The molecule has 2 amide bonds. The highest BCUT2D eigenvalue weighted by atomic mass is 32.2. The lowest BCUT2D eigenvalue weighted by atomic mass is 10.1. The number of nitrogens with zero attached hydrogens (tertiary/aromatic N) is 1. The number of benzene rings is 1. The Morgan fingerprint density at radius 1 is 1.30 bits per heavy atom. The van der Waals surface area contributed by atoms with E-state index in [0.29, 0.717) is 18.2 Å². The van der Waals surface area contributed by atoms with Gasteiger partial charge in [-0.2, -0.15) is 0 Å². The molecule has 0 radical (unpaired) electrons. The van der Waals surface area contributed by atoms with Crippen molar-refractivity contribution in [1.29, 1.82) is 0 Å². The molecule has 5 nitrogen and oxygen atoms in total. The van der Waals surface area contributed by atoms with Gasteiger partial charge in [0.05, 0.1) is 11.5 Å². The third-order valence-corrected chi connectivity index (χ3v) is 5.03. The summed E-state index contributed by atoms with van der Waals surface area (Å²) in [7, 11) is 0. The number of amides is 2. The van der Waals surface area contributed by atoms with Crippen LogP contribution in [0.15, 0.2) is 24.3 Å². The standard InChI is InChI=1S/C17H25N3O2S/c1-12-3-5-15(6-4-12)19-16(21)10-23-11-17(22)20-9-14(8-18)7-13(20)2/h3-6,13-14H,7-11,18H2,1-2H3,(H,19,21). The van der Waals surface area contributed by atoms with E-state index in [1.165, 1.54) is 11.8 Å². The molecule has 6 heteroatoms. The van der Waals surface area contributed by atoms with Crippen molar-refractivity contribution in [1.82, 2.24) is 4.90 Å². The van der Waals surface area contributed by atoms with E-state index < -0.39 is 0 Å². The molecule has 2 unspecified atom stereocenters. The van der Waals surface area contributed by atoms with Crippen LogP contribution in [-0.2, 0) is 9.59 Å². The van der Waals surface area contributed by atoms with Gasteiger partial charge in [0, 0.05) is 18.3 Å². The van der Waals surface area contributed by atoms with Crippen molar-refractivity contribution in [3.8, 4) is 0 Å². The fraction of sp³-hybridized carbons (Fsp3) is 0.529. The number of carbonyl (C=O) groups is 2. The van der Waals surface area contributed by atoms with Gasteiger partial charge >= 0.3 is 0 Å². The first-order valence-electron chi connectivity index (χ1n) is 7.93. The van der Waals surface area contributed by atoms with Crippen molar-refractivity contribution < 1.29 is 9.59 Å². The highest BCUT2D eigenvalue weighted by Gasteiger charge is 2.31. The van der Waals surface area contributed by atoms with Crippen LogP contribution in [0, 0.1) is 12.8 Å².